The van der Waals surface area contributed by atoms with Crippen molar-refractivity contribution in [3.63, 3.8) is 0 Å². The van der Waals surface area contributed by atoms with E-state index in [1.807, 2.05) is 43.5 Å². The van der Waals surface area contributed by atoms with Crippen LogP contribution in [0, 0.1) is 0 Å². The van der Waals surface area contributed by atoms with E-state index in [-0.39, 0.29) is 23.1 Å². The molecule has 0 bridgehead atoms. The summed E-state index contributed by atoms with van der Waals surface area (Å²) in [5, 5.41) is 1.86. The third-order valence-electron chi connectivity index (χ3n) is 4.14. The number of ether oxygens (including phenoxy) is 1. The highest BCUT2D eigenvalue weighted by atomic mass is 32.1. The molecule has 130 valence electrons. The molecule has 25 heavy (non-hydrogen) atoms. The Labute approximate surface area is 149 Å². The third-order valence-corrected chi connectivity index (χ3v) is 4.98. The van der Waals surface area contributed by atoms with Gasteiger partial charge in [0.25, 0.3) is 11.5 Å². The van der Waals surface area contributed by atoms with Crippen LogP contribution in [0.1, 0.15) is 24.2 Å². The first-order valence-corrected chi connectivity index (χ1v) is 8.73. The van der Waals surface area contributed by atoms with E-state index in [2.05, 4.69) is 4.98 Å². The number of thiazole rings is 1. The van der Waals surface area contributed by atoms with Crippen LogP contribution in [0.5, 0.6) is 5.75 Å². The molecule has 0 aliphatic heterocycles. The maximum absolute atomic E-state index is 13.0. The summed E-state index contributed by atoms with van der Waals surface area (Å²) in [7, 11) is 3.27. The second kappa shape index (κ2) is 6.68. The highest BCUT2D eigenvalue weighted by Gasteiger charge is 2.21. The lowest BCUT2D eigenvalue weighted by Gasteiger charge is -2.20. The van der Waals surface area contributed by atoms with Crippen LogP contribution in [0.2, 0.25) is 0 Å². The summed E-state index contributed by atoms with van der Waals surface area (Å²) in [4.78, 5) is 31.9. The van der Waals surface area contributed by atoms with Crippen molar-refractivity contribution in [2.75, 3.05) is 14.2 Å². The van der Waals surface area contributed by atoms with Crippen LogP contribution in [0.25, 0.3) is 16.2 Å². The Balaban J connectivity index is 2.18. The molecule has 1 amide bonds. The van der Waals surface area contributed by atoms with E-state index in [9.17, 15) is 9.59 Å². The van der Waals surface area contributed by atoms with Crippen molar-refractivity contribution in [3.8, 4) is 17.0 Å². The molecule has 0 aliphatic rings. The first-order valence-electron chi connectivity index (χ1n) is 7.85. The average molecular weight is 357 g/mol. The van der Waals surface area contributed by atoms with E-state index >= 15 is 0 Å². The molecule has 0 fully saturated rings. The van der Waals surface area contributed by atoms with Gasteiger partial charge in [-0.15, -0.1) is 11.3 Å². The lowest BCUT2D eigenvalue weighted by atomic mass is 10.1. The summed E-state index contributed by atoms with van der Waals surface area (Å²) in [6, 6.07) is 7.44. The van der Waals surface area contributed by atoms with Gasteiger partial charge in [-0.05, 0) is 26.0 Å². The van der Waals surface area contributed by atoms with Gasteiger partial charge in [0.05, 0.1) is 12.8 Å². The van der Waals surface area contributed by atoms with Crippen LogP contribution in [-0.2, 0) is 0 Å². The zero-order chi connectivity index (χ0) is 18.1. The molecule has 0 saturated heterocycles. The molecule has 6 nitrogen and oxygen atoms in total. The van der Waals surface area contributed by atoms with Gasteiger partial charge < -0.3 is 9.64 Å². The number of amides is 1. The SMILES string of the molecule is COc1cccc(-c2csc3ncc(C(=O)N(C)C(C)C)c(=O)n23)c1. The molecule has 0 saturated carbocycles. The summed E-state index contributed by atoms with van der Waals surface area (Å²) in [5.41, 5.74) is 1.23. The zero-order valence-corrected chi connectivity index (χ0v) is 15.3. The molecular formula is C18H19N3O3S. The van der Waals surface area contributed by atoms with Crippen LogP contribution in [0.4, 0.5) is 0 Å². The number of hydrogen-bond donors (Lipinski definition) is 0. The fraction of sp³-hybridized carbons (Fsp3) is 0.278. The first kappa shape index (κ1) is 17.2. The van der Waals surface area contributed by atoms with Crippen LogP contribution in [0.15, 0.2) is 40.6 Å². The van der Waals surface area contributed by atoms with Gasteiger partial charge in [-0.2, -0.15) is 0 Å². The Morgan fingerprint density at radius 1 is 1.36 bits per heavy atom. The minimum Gasteiger partial charge on any atom is -0.497 e. The Morgan fingerprint density at radius 2 is 2.12 bits per heavy atom. The number of hydrogen-bond acceptors (Lipinski definition) is 5. The van der Waals surface area contributed by atoms with Gasteiger partial charge >= 0.3 is 0 Å². The fourth-order valence-corrected chi connectivity index (χ4v) is 3.31. The number of carbonyl (C=O) groups excluding carboxylic acids is 1. The summed E-state index contributed by atoms with van der Waals surface area (Å²) >= 11 is 1.36. The van der Waals surface area contributed by atoms with E-state index in [0.29, 0.717) is 16.4 Å². The Kier molecular flexibility index (Phi) is 4.59. The number of nitrogens with zero attached hydrogens (tertiary/aromatic N) is 3. The first-order chi connectivity index (χ1) is 11.9. The number of aromatic nitrogens is 2. The molecule has 1 aromatic carbocycles. The monoisotopic (exact) mass is 357 g/mol. The maximum Gasteiger partial charge on any atom is 0.271 e. The number of carbonyl (C=O) groups is 1. The second-order valence-electron chi connectivity index (χ2n) is 5.96. The van der Waals surface area contributed by atoms with Gasteiger partial charge in [-0.1, -0.05) is 12.1 Å². The standard InChI is InChI=1S/C18H19N3O3S/c1-11(2)20(3)16(22)14-9-19-18-21(17(14)23)15(10-25-18)12-6-5-7-13(8-12)24-4/h5-11H,1-4H3. The summed E-state index contributed by atoms with van der Waals surface area (Å²) in [5.74, 6) is 0.370. The Hall–Kier alpha value is -2.67. The zero-order valence-electron chi connectivity index (χ0n) is 14.5. The van der Waals surface area contributed by atoms with Gasteiger partial charge in [0.15, 0.2) is 4.96 Å². The molecule has 0 unspecified atom stereocenters. The molecular weight excluding hydrogens is 338 g/mol. The molecule has 2 heterocycles. The van der Waals surface area contributed by atoms with Gasteiger partial charge in [0.1, 0.15) is 11.3 Å². The van der Waals surface area contributed by atoms with Crippen molar-refractivity contribution in [2.24, 2.45) is 0 Å². The van der Waals surface area contributed by atoms with Crippen molar-refractivity contribution < 1.29 is 9.53 Å². The summed E-state index contributed by atoms with van der Waals surface area (Å²) in [6.07, 6.45) is 1.37. The van der Waals surface area contributed by atoms with Crippen LogP contribution >= 0.6 is 11.3 Å². The molecule has 0 spiro atoms. The van der Waals surface area contributed by atoms with Gasteiger partial charge in [-0.25, -0.2) is 4.98 Å². The predicted octanol–water partition coefficient (Wildman–Crippen LogP) is 2.91. The Bertz CT molecular complexity index is 991. The maximum atomic E-state index is 13.0. The quantitative estimate of drug-likeness (QED) is 0.720. The number of rotatable bonds is 4. The van der Waals surface area contributed by atoms with E-state index in [1.54, 1.807) is 14.2 Å². The molecule has 0 aliphatic carbocycles. The fourth-order valence-electron chi connectivity index (χ4n) is 2.45. The van der Waals surface area contributed by atoms with E-state index < -0.39 is 0 Å². The molecule has 2 aromatic heterocycles. The third kappa shape index (κ3) is 3.02. The molecule has 0 radical (unpaired) electrons. The number of benzene rings is 1. The second-order valence-corrected chi connectivity index (χ2v) is 6.79. The molecule has 0 atom stereocenters. The lowest BCUT2D eigenvalue weighted by Crippen LogP contribution is -2.37. The van der Waals surface area contributed by atoms with E-state index in [1.165, 1.54) is 26.8 Å². The summed E-state index contributed by atoms with van der Waals surface area (Å²) < 4.78 is 6.74. The van der Waals surface area contributed by atoms with Crippen LogP contribution in [-0.4, -0.2) is 40.4 Å². The van der Waals surface area contributed by atoms with Crippen molar-refractivity contribution in [1.29, 1.82) is 0 Å². The van der Waals surface area contributed by atoms with Crippen LogP contribution < -0.4 is 10.3 Å². The van der Waals surface area contributed by atoms with Crippen molar-refractivity contribution in [3.05, 3.63) is 51.8 Å². The highest BCUT2D eigenvalue weighted by Crippen LogP contribution is 2.27. The van der Waals surface area contributed by atoms with Crippen LogP contribution in [0.3, 0.4) is 0 Å². The van der Waals surface area contributed by atoms with Gasteiger partial charge in [-0.3, -0.25) is 14.0 Å². The Morgan fingerprint density at radius 3 is 2.80 bits per heavy atom. The number of methoxy groups -OCH3 is 1. The topological polar surface area (TPSA) is 63.9 Å². The van der Waals surface area contributed by atoms with Crippen molar-refractivity contribution in [2.45, 2.75) is 19.9 Å². The molecule has 3 aromatic rings. The van der Waals surface area contributed by atoms with E-state index in [4.69, 9.17) is 4.74 Å². The summed E-state index contributed by atoms with van der Waals surface area (Å²) in [6.45, 7) is 3.79. The highest BCUT2D eigenvalue weighted by molar-refractivity contribution is 7.15. The average Bonchev–Trinajstić information content (AvgIpc) is 3.05. The van der Waals surface area contributed by atoms with Gasteiger partial charge in [0.2, 0.25) is 0 Å². The van der Waals surface area contributed by atoms with E-state index in [0.717, 1.165) is 5.56 Å². The molecule has 7 heteroatoms. The largest absolute Gasteiger partial charge is 0.497 e. The minimum absolute atomic E-state index is 0.00655. The molecule has 0 N–H and O–H groups in total. The van der Waals surface area contributed by atoms with Crippen molar-refractivity contribution in [1.82, 2.24) is 14.3 Å². The number of fused-ring (bicyclic) bond motifs is 1. The molecule has 3 rings (SSSR count). The normalized spacial score (nSPS) is 11.1. The minimum atomic E-state index is -0.360. The predicted molar refractivity (Wildman–Crippen MR) is 98.6 cm³/mol. The van der Waals surface area contributed by atoms with Crippen molar-refractivity contribution >= 4 is 22.2 Å². The van der Waals surface area contributed by atoms with Gasteiger partial charge in [0, 0.05) is 30.2 Å². The smallest absolute Gasteiger partial charge is 0.271 e. The lowest BCUT2D eigenvalue weighted by molar-refractivity contribution is 0.0752.